The molecule has 0 aliphatic heterocycles. The Morgan fingerprint density at radius 3 is 2.62 bits per heavy atom. The van der Waals surface area contributed by atoms with E-state index in [0.717, 1.165) is 11.1 Å². The first-order valence-corrected chi connectivity index (χ1v) is 8.27. The molecule has 1 amide bonds. The zero-order valence-corrected chi connectivity index (χ0v) is 13.8. The second-order valence-electron chi connectivity index (χ2n) is 5.13. The van der Waals surface area contributed by atoms with Crippen molar-refractivity contribution < 1.29 is 9.72 Å². The molecule has 0 aromatic heterocycles. The number of nitro groups is 1. The molecule has 0 bridgehead atoms. The number of nitro benzene ring substituents is 1. The summed E-state index contributed by atoms with van der Waals surface area (Å²) in [6, 6.07) is 13.9. The predicted molar refractivity (Wildman–Crippen MR) is 93.8 cm³/mol. The summed E-state index contributed by atoms with van der Waals surface area (Å²) in [5, 5.41) is 22.4. The van der Waals surface area contributed by atoms with Gasteiger partial charge in [0.1, 0.15) is 5.69 Å². The molecule has 122 valence electrons. The monoisotopic (exact) mass is 341 g/mol. The van der Waals surface area contributed by atoms with E-state index in [1.165, 1.54) is 23.9 Å². The minimum absolute atomic E-state index is 0.111. The average Bonchev–Trinajstić information content (AvgIpc) is 2.57. The van der Waals surface area contributed by atoms with Gasteiger partial charge >= 0.3 is 0 Å². The van der Waals surface area contributed by atoms with E-state index in [0.29, 0.717) is 11.3 Å². The highest BCUT2D eigenvalue weighted by molar-refractivity contribution is 7.99. The minimum atomic E-state index is -0.507. The van der Waals surface area contributed by atoms with Crippen LogP contribution >= 0.6 is 11.8 Å². The van der Waals surface area contributed by atoms with Gasteiger partial charge in [0.2, 0.25) is 5.91 Å². The molecule has 0 heterocycles. The van der Waals surface area contributed by atoms with Gasteiger partial charge < -0.3 is 5.32 Å². The molecule has 0 spiro atoms. The van der Waals surface area contributed by atoms with Crippen LogP contribution in [0.3, 0.4) is 0 Å². The first-order valence-electron chi connectivity index (χ1n) is 7.11. The highest BCUT2D eigenvalue weighted by Crippen LogP contribution is 2.25. The number of thioether (sulfide) groups is 1. The van der Waals surface area contributed by atoms with Crippen molar-refractivity contribution >= 4 is 29.0 Å². The fourth-order valence-corrected chi connectivity index (χ4v) is 2.81. The van der Waals surface area contributed by atoms with Crippen molar-refractivity contribution in [2.24, 2.45) is 0 Å². The second-order valence-corrected chi connectivity index (χ2v) is 6.11. The first kappa shape index (κ1) is 17.5. The number of aryl methyl sites for hydroxylation is 1. The number of nitrogens with one attached hydrogen (secondary N) is 1. The van der Waals surface area contributed by atoms with Crippen molar-refractivity contribution in [2.45, 2.75) is 12.7 Å². The van der Waals surface area contributed by atoms with Crippen LogP contribution < -0.4 is 5.32 Å². The van der Waals surface area contributed by atoms with Crippen molar-refractivity contribution in [1.29, 1.82) is 5.26 Å². The van der Waals surface area contributed by atoms with Crippen LogP contribution in [0.15, 0.2) is 42.5 Å². The van der Waals surface area contributed by atoms with Crippen LogP contribution in [0.1, 0.15) is 16.7 Å². The fourth-order valence-electron chi connectivity index (χ4n) is 2.02. The molecule has 2 aromatic carbocycles. The molecular weight excluding hydrogens is 326 g/mol. The topological polar surface area (TPSA) is 96.0 Å². The lowest BCUT2D eigenvalue weighted by atomic mass is 10.2. The SMILES string of the molecule is Cc1ccc(NC(=O)CSCc2ccc(C#N)cc2)c([N+](=O)[O-])c1. The van der Waals surface area contributed by atoms with Crippen molar-refractivity contribution in [2.75, 3.05) is 11.1 Å². The maximum absolute atomic E-state index is 12.0. The van der Waals surface area contributed by atoms with Crippen LogP contribution in [0, 0.1) is 28.4 Å². The Balaban J connectivity index is 1.89. The maximum atomic E-state index is 12.0. The number of benzene rings is 2. The lowest BCUT2D eigenvalue weighted by Crippen LogP contribution is -2.15. The van der Waals surface area contributed by atoms with Crippen LogP contribution in [-0.4, -0.2) is 16.6 Å². The standard InChI is InChI=1S/C17H15N3O3S/c1-12-2-7-15(16(8-12)20(22)23)19-17(21)11-24-10-14-5-3-13(9-18)4-6-14/h2-8H,10-11H2,1H3,(H,19,21). The molecular formula is C17H15N3O3S. The van der Waals surface area contributed by atoms with E-state index in [1.807, 2.05) is 18.2 Å². The Bertz CT molecular complexity index is 798. The van der Waals surface area contributed by atoms with Crippen LogP contribution in [0.25, 0.3) is 0 Å². The summed E-state index contributed by atoms with van der Waals surface area (Å²) in [5.74, 6) is 0.515. The van der Waals surface area contributed by atoms with Crippen molar-refractivity contribution in [1.82, 2.24) is 0 Å². The smallest absolute Gasteiger partial charge is 0.293 e. The lowest BCUT2D eigenvalue weighted by molar-refractivity contribution is -0.384. The van der Waals surface area contributed by atoms with Gasteiger partial charge in [-0.3, -0.25) is 14.9 Å². The summed E-state index contributed by atoms with van der Waals surface area (Å²) in [6.45, 7) is 1.76. The molecule has 0 radical (unpaired) electrons. The normalized spacial score (nSPS) is 10.0. The second kappa shape index (κ2) is 8.13. The van der Waals surface area contributed by atoms with Gasteiger partial charge in [-0.1, -0.05) is 18.2 Å². The van der Waals surface area contributed by atoms with E-state index in [2.05, 4.69) is 5.32 Å². The summed E-state index contributed by atoms with van der Waals surface area (Å²) in [6.07, 6.45) is 0. The summed E-state index contributed by atoms with van der Waals surface area (Å²) in [7, 11) is 0. The van der Waals surface area contributed by atoms with Crippen LogP contribution in [0.5, 0.6) is 0 Å². The summed E-state index contributed by atoms with van der Waals surface area (Å²) in [5.41, 5.74) is 2.45. The van der Waals surface area contributed by atoms with E-state index >= 15 is 0 Å². The van der Waals surface area contributed by atoms with E-state index < -0.39 is 4.92 Å². The van der Waals surface area contributed by atoms with Gasteiger partial charge in [0.25, 0.3) is 5.69 Å². The number of nitriles is 1. The maximum Gasteiger partial charge on any atom is 0.293 e. The van der Waals surface area contributed by atoms with Gasteiger partial charge in [0.05, 0.1) is 22.3 Å². The van der Waals surface area contributed by atoms with Crippen LogP contribution in [0.4, 0.5) is 11.4 Å². The van der Waals surface area contributed by atoms with Crippen molar-refractivity contribution in [3.8, 4) is 6.07 Å². The van der Waals surface area contributed by atoms with Gasteiger partial charge in [-0.2, -0.15) is 5.26 Å². The number of nitrogens with zero attached hydrogens (tertiary/aromatic N) is 2. The molecule has 0 unspecified atom stereocenters. The van der Waals surface area contributed by atoms with Crippen LogP contribution in [0.2, 0.25) is 0 Å². The highest BCUT2D eigenvalue weighted by atomic mass is 32.2. The molecule has 0 aliphatic rings. The number of carbonyl (C=O) groups excluding carboxylic acids is 1. The molecule has 7 heteroatoms. The number of amides is 1. The van der Waals surface area contributed by atoms with Crippen LogP contribution in [-0.2, 0) is 10.5 Å². The summed E-state index contributed by atoms with van der Waals surface area (Å²) < 4.78 is 0. The first-order chi connectivity index (χ1) is 11.5. The molecule has 2 aromatic rings. The van der Waals surface area contributed by atoms with Crippen molar-refractivity contribution in [3.05, 3.63) is 69.3 Å². The van der Waals surface area contributed by atoms with Crippen molar-refractivity contribution in [3.63, 3.8) is 0 Å². The van der Waals surface area contributed by atoms with E-state index in [4.69, 9.17) is 5.26 Å². The van der Waals surface area contributed by atoms with E-state index in [1.54, 1.807) is 25.1 Å². The Morgan fingerprint density at radius 2 is 2.00 bits per heavy atom. The molecule has 24 heavy (non-hydrogen) atoms. The number of rotatable bonds is 6. The van der Waals surface area contributed by atoms with Gasteiger partial charge in [-0.05, 0) is 36.2 Å². The molecule has 0 fully saturated rings. The molecule has 0 aliphatic carbocycles. The molecule has 6 nitrogen and oxygen atoms in total. The number of hydrogen-bond acceptors (Lipinski definition) is 5. The third-order valence-corrected chi connectivity index (χ3v) is 4.21. The Morgan fingerprint density at radius 1 is 1.29 bits per heavy atom. The number of anilines is 1. The zero-order chi connectivity index (χ0) is 17.5. The molecule has 1 N–H and O–H groups in total. The summed E-state index contributed by atoms with van der Waals surface area (Å²) >= 11 is 1.40. The Hall–Kier alpha value is -2.85. The number of hydrogen-bond donors (Lipinski definition) is 1. The molecule has 0 saturated heterocycles. The largest absolute Gasteiger partial charge is 0.320 e. The summed E-state index contributed by atoms with van der Waals surface area (Å²) in [4.78, 5) is 22.5. The molecule has 2 rings (SSSR count). The Kier molecular flexibility index (Phi) is 5.93. The van der Waals surface area contributed by atoms with Gasteiger partial charge in [-0.25, -0.2) is 0 Å². The Labute approximate surface area is 143 Å². The zero-order valence-electron chi connectivity index (χ0n) is 13.0. The average molecular weight is 341 g/mol. The highest BCUT2D eigenvalue weighted by Gasteiger charge is 2.15. The third kappa shape index (κ3) is 4.83. The molecule has 0 saturated carbocycles. The lowest BCUT2D eigenvalue weighted by Gasteiger charge is -2.07. The fraction of sp³-hybridized carbons (Fsp3) is 0.176. The number of carbonyl (C=O) groups is 1. The predicted octanol–water partition coefficient (Wildman–Crippen LogP) is 3.65. The molecule has 0 atom stereocenters. The van der Waals surface area contributed by atoms with Gasteiger partial charge in [0, 0.05) is 11.8 Å². The quantitative estimate of drug-likeness (QED) is 0.639. The van der Waals surface area contributed by atoms with E-state index in [-0.39, 0.29) is 23.0 Å². The third-order valence-electron chi connectivity index (χ3n) is 3.21. The van der Waals surface area contributed by atoms with Gasteiger partial charge in [0.15, 0.2) is 0 Å². The van der Waals surface area contributed by atoms with E-state index in [9.17, 15) is 14.9 Å². The minimum Gasteiger partial charge on any atom is -0.320 e. The van der Waals surface area contributed by atoms with Gasteiger partial charge in [-0.15, -0.1) is 11.8 Å².